The minimum absolute atomic E-state index is 0.195. The lowest BCUT2D eigenvalue weighted by molar-refractivity contribution is -0.139. The number of aliphatic carboxylic acids is 1. The summed E-state index contributed by atoms with van der Waals surface area (Å²) in [6.45, 7) is 5.39. The number of benzene rings is 1. The molecule has 0 saturated carbocycles. The first-order chi connectivity index (χ1) is 8.85. The third-order valence-electron chi connectivity index (χ3n) is 2.81. The van der Waals surface area contributed by atoms with Crippen molar-refractivity contribution < 1.29 is 19.4 Å². The Bertz CT molecular complexity index is 496. The van der Waals surface area contributed by atoms with Crippen LogP contribution < -0.4 is 10.1 Å². The van der Waals surface area contributed by atoms with Crippen LogP contribution in [-0.2, 0) is 9.59 Å². The van der Waals surface area contributed by atoms with Crippen LogP contribution in [0.25, 0.3) is 0 Å². The van der Waals surface area contributed by atoms with Gasteiger partial charge in [-0.2, -0.15) is 0 Å². The summed E-state index contributed by atoms with van der Waals surface area (Å²) < 4.78 is 5.26. The smallest absolute Gasteiger partial charge is 0.304 e. The Balaban J connectivity index is 2.93. The number of methoxy groups -OCH3 is 1. The van der Waals surface area contributed by atoms with Crippen molar-refractivity contribution >= 4 is 17.6 Å². The highest BCUT2D eigenvalue weighted by molar-refractivity contribution is 5.95. The van der Waals surface area contributed by atoms with E-state index in [1.54, 1.807) is 13.0 Å². The van der Waals surface area contributed by atoms with Crippen LogP contribution in [0.4, 0.5) is 5.69 Å². The summed E-state index contributed by atoms with van der Waals surface area (Å²) in [6.07, 6.45) is -0.195. The van der Waals surface area contributed by atoms with Crippen LogP contribution in [0, 0.1) is 19.8 Å². The number of carbonyl (C=O) groups is 2. The quantitative estimate of drug-likeness (QED) is 0.857. The number of aryl methyl sites for hydroxylation is 2. The van der Waals surface area contributed by atoms with Crippen molar-refractivity contribution in [1.82, 2.24) is 0 Å². The lowest BCUT2D eigenvalue weighted by Crippen LogP contribution is -2.23. The number of anilines is 1. The molecule has 0 aliphatic rings. The second-order valence-corrected chi connectivity index (χ2v) is 4.65. The maximum Gasteiger partial charge on any atom is 0.304 e. The average Bonchev–Trinajstić information content (AvgIpc) is 2.27. The molecule has 0 radical (unpaired) electrons. The van der Waals surface area contributed by atoms with Crippen LogP contribution >= 0.6 is 0 Å². The maximum absolute atomic E-state index is 11.9. The van der Waals surface area contributed by atoms with Gasteiger partial charge in [0.05, 0.1) is 19.2 Å². The van der Waals surface area contributed by atoms with Crippen molar-refractivity contribution in [3.8, 4) is 5.75 Å². The van der Waals surface area contributed by atoms with E-state index in [1.807, 2.05) is 19.9 Å². The highest BCUT2D eigenvalue weighted by Crippen LogP contribution is 2.30. The molecule has 104 valence electrons. The van der Waals surface area contributed by atoms with Crippen LogP contribution in [0.1, 0.15) is 24.5 Å². The lowest BCUT2D eigenvalue weighted by atomic mass is 10.1. The number of rotatable bonds is 5. The largest absolute Gasteiger partial charge is 0.494 e. The molecule has 5 nitrogen and oxygen atoms in total. The van der Waals surface area contributed by atoms with Gasteiger partial charge in [0.1, 0.15) is 5.75 Å². The van der Waals surface area contributed by atoms with Crippen molar-refractivity contribution in [3.63, 3.8) is 0 Å². The van der Waals surface area contributed by atoms with Gasteiger partial charge in [0.15, 0.2) is 0 Å². The first kappa shape index (κ1) is 15.0. The van der Waals surface area contributed by atoms with Gasteiger partial charge < -0.3 is 15.2 Å². The van der Waals surface area contributed by atoms with Gasteiger partial charge in [0.25, 0.3) is 0 Å². The first-order valence-corrected chi connectivity index (χ1v) is 6.03. The number of nitrogens with one attached hydrogen (secondary N) is 1. The summed E-state index contributed by atoms with van der Waals surface area (Å²) >= 11 is 0. The first-order valence-electron chi connectivity index (χ1n) is 6.03. The van der Waals surface area contributed by atoms with E-state index in [0.29, 0.717) is 11.4 Å². The average molecular weight is 265 g/mol. The molecule has 1 aromatic carbocycles. The van der Waals surface area contributed by atoms with E-state index in [0.717, 1.165) is 11.1 Å². The summed E-state index contributed by atoms with van der Waals surface area (Å²) in [5.74, 6) is -1.31. The Morgan fingerprint density at radius 1 is 1.37 bits per heavy atom. The number of carboxylic acids is 1. The van der Waals surface area contributed by atoms with E-state index < -0.39 is 11.9 Å². The number of carbonyl (C=O) groups excluding carboxylic acids is 1. The predicted molar refractivity (Wildman–Crippen MR) is 72.5 cm³/mol. The fourth-order valence-electron chi connectivity index (χ4n) is 1.93. The zero-order valence-corrected chi connectivity index (χ0v) is 11.6. The highest BCUT2D eigenvalue weighted by Gasteiger charge is 2.18. The van der Waals surface area contributed by atoms with E-state index >= 15 is 0 Å². The Kier molecular flexibility index (Phi) is 4.92. The van der Waals surface area contributed by atoms with Crippen molar-refractivity contribution in [2.24, 2.45) is 5.92 Å². The standard InChI is InChI=1S/C14H19NO4/c1-8-5-9(2)13(19-4)11(6-8)15-14(18)10(3)7-12(16)17/h5-6,10H,7H2,1-4H3,(H,15,18)(H,16,17). The molecule has 0 bridgehead atoms. The van der Waals surface area contributed by atoms with E-state index in [9.17, 15) is 9.59 Å². The minimum Gasteiger partial charge on any atom is -0.494 e. The molecule has 0 aliphatic carbocycles. The summed E-state index contributed by atoms with van der Waals surface area (Å²) in [6, 6.07) is 3.76. The second-order valence-electron chi connectivity index (χ2n) is 4.65. The Morgan fingerprint density at radius 3 is 2.53 bits per heavy atom. The molecular weight excluding hydrogens is 246 g/mol. The number of hydrogen-bond acceptors (Lipinski definition) is 3. The van der Waals surface area contributed by atoms with Gasteiger partial charge in [0.2, 0.25) is 5.91 Å². The molecule has 2 N–H and O–H groups in total. The number of carboxylic acid groups (broad SMARTS) is 1. The maximum atomic E-state index is 11.9. The zero-order valence-electron chi connectivity index (χ0n) is 11.6. The topological polar surface area (TPSA) is 75.6 Å². The number of ether oxygens (including phenoxy) is 1. The molecule has 0 fully saturated rings. The van der Waals surface area contributed by atoms with Crippen molar-refractivity contribution in [2.45, 2.75) is 27.2 Å². The Labute approximate surface area is 112 Å². The Hall–Kier alpha value is -2.04. The van der Waals surface area contributed by atoms with Gasteiger partial charge in [-0.3, -0.25) is 9.59 Å². The molecule has 5 heteroatoms. The van der Waals surface area contributed by atoms with Crippen LogP contribution in [0.15, 0.2) is 12.1 Å². The van der Waals surface area contributed by atoms with Crippen molar-refractivity contribution in [2.75, 3.05) is 12.4 Å². The molecule has 0 aromatic heterocycles. The van der Waals surface area contributed by atoms with Crippen LogP contribution in [0.3, 0.4) is 0 Å². The lowest BCUT2D eigenvalue weighted by Gasteiger charge is -2.15. The second kappa shape index (κ2) is 6.22. The van der Waals surface area contributed by atoms with Gasteiger partial charge in [-0.1, -0.05) is 13.0 Å². The van der Waals surface area contributed by atoms with Gasteiger partial charge in [-0.05, 0) is 31.0 Å². The zero-order chi connectivity index (χ0) is 14.6. The van der Waals surface area contributed by atoms with E-state index in [4.69, 9.17) is 9.84 Å². The normalized spacial score (nSPS) is 11.8. The molecule has 0 saturated heterocycles. The SMILES string of the molecule is COc1c(C)cc(C)cc1NC(=O)C(C)CC(=O)O. The third kappa shape index (κ3) is 3.98. The van der Waals surface area contributed by atoms with Crippen molar-refractivity contribution in [1.29, 1.82) is 0 Å². The number of amides is 1. The van der Waals surface area contributed by atoms with Gasteiger partial charge in [-0.15, -0.1) is 0 Å². The molecule has 1 aromatic rings. The molecule has 1 unspecified atom stereocenters. The van der Waals surface area contributed by atoms with Gasteiger partial charge in [0, 0.05) is 5.92 Å². The number of hydrogen-bond donors (Lipinski definition) is 2. The minimum atomic E-state index is -0.991. The third-order valence-corrected chi connectivity index (χ3v) is 2.81. The molecule has 19 heavy (non-hydrogen) atoms. The molecule has 1 rings (SSSR count). The fourth-order valence-corrected chi connectivity index (χ4v) is 1.93. The van der Waals surface area contributed by atoms with Crippen LogP contribution in [0.5, 0.6) is 5.75 Å². The molecule has 1 atom stereocenters. The van der Waals surface area contributed by atoms with E-state index in [2.05, 4.69) is 5.32 Å². The summed E-state index contributed by atoms with van der Waals surface area (Å²) in [7, 11) is 1.54. The van der Waals surface area contributed by atoms with E-state index in [-0.39, 0.29) is 12.3 Å². The Morgan fingerprint density at radius 2 is 2.00 bits per heavy atom. The monoisotopic (exact) mass is 265 g/mol. The van der Waals surface area contributed by atoms with Gasteiger partial charge in [-0.25, -0.2) is 0 Å². The molecule has 0 heterocycles. The molecule has 0 spiro atoms. The molecule has 1 amide bonds. The molecular formula is C14H19NO4. The predicted octanol–water partition coefficient (Wildman–Crippen LogP) is 2.36. The molecule has 0 aliphatic heterocycles. The summed E-state index contributed by atoms with van der Waals surface area (Å²) in [5.41, 5.74) is 2.49. The van der Waals surface area contributed by atoms with Gasteiger partial charge >= 0.3 is 5.97 Å². The van der Waals surface area contributed by atoms with Crippen LogP contribution in [-0.4, -0.2) is 24.1 Å². The van der Waals surface area contributed by atoms with Crippen molar-refractivity contribution in [3.05, 3.63) is 23.3 Å². The van der Waals surface area contributed by atoms with Crippen LogP contribution in [0.2, 0.25) is 0 Å². The summed E-state index contributed by atoms with van der Waals surface area (Å²) in [5, 5.41) is 11.4. The summed E-state index contributed by atoms with van der Waals surface area (Å²) in [4.78, 5) is 22.5. The van der Waals surface area contributed by atoms with E-state index in [1.165, 1.54) is 7.11 Å². The highest BCUT2D eigenvalue weighted by atomic mass is 16.5. The fraction of sp³-hybridized carbons (Fsp3) is 0.429.